The summed E-state index contributed by atoms with van der Waals surface area (Å²) in [5.41, 5.74) is 0.519. The van der Waals surface area contributed by atoms with Gasteiger partial charge in [0.25, 0.3) is 0 Å². The Morgan fingerprint density at radius 3 is 2.79 bits per heavy atom. The zero-order valence-corrected chi connectivity index (χ0v) is 8.56. The average molecular weight is 215 g/mol. The quantitative estimate of drug-likeness (QED) is 0.699. The molecule has 0 radical (unpaired) electrons. The van der Waals surface area contributed by atoms with E-state index in [0.717, 1.165) is 0 Å². The van der Waals surface area contributed by atoms with Crippen molar-refractivity contribution >= 4 is 11.6 Å². The summed E-state index contributed by atoms with van der Waals surface area (Å²) in [6, 6.07) is 4.84. The van der Waals surface area contributed by atoms with Crippen LogP contribution >= 0.6 is 11.6 Å². The maximum absolute atomic E-state index is 13.2. The van der Waals surface area contributed by atoms with Gasteiger partial charge in [0.15, 0.2) is 0 Å². The van der Waals surface area contributed by atoms with E-state index in [9.17, 15) is 4.39 Å². The van der Waals surface area contributed by atoms with E-state index in [1.54, 1.807) is 12.1 Å². The van der Waals surface area contributed by atoms with Crippen LogP contribution in [0.2, 0.25) is 0 Å². The summed E-state index contributed by atoms with van der Waals surface area (Å²) in [4.78, 5) is 0. The highest BCUT2D eigenvalue weighted by atomic mass is 35.5. The Bertz CT molecular complexity index is 323. The van der Waals surface area contributed by atoms with Crippen molar-refractivity contribution in [3.8, 4) is 5.75 Å². The van der Waals surface area contributed by atoms with Crippen molar-refractivity contribution in [2.75, 3.05) is 6.61 Å². The normalized spacial score (nSPS) is 15.6. The lowest BCUT2D eigenvalue weighted by Gasteiger charge is -2.06. The smallest absolute Gasteiger partial charge is 0.131 e. The molecule has 0 unspecified atom stereocenters. The highest BCUT2D eigenvalue weighted by molar-refractivity contribution is 6.17. The molecule has 1 aromatic carbocycles. The summed E-state index contributed by atoms with van der Waals surface area (Å²) in [7, 11) is 0. The van der Waals surface area contributed by atoms with Crippen molar-refractivity contribution in [1.82, 2.24) is 0 Å². The summed E-state index contributed by atoms with van der Waals surface area (Å²) >= 11 is 5.54. The first-order chi connectivity index (χ1) is 6.79. The molecule has 1 aliphatic carbocycles. The summed E-state index contributed by atoms with van der Waals surface area (Å²) in [6.07, 6.45) is 2.48. The Labute approximate surface area is 87.8 Å². The fourth-order valence-corrected chi connectivity index (χ4v) is 1.44. The predicted molar refractivity (Wildman–Crippen MR) is 54.2 cm³/mol. The third-order valence-corrected chi connectivity index (χ3v) is 2.64. The molecule has 1 nitrogen and oxygen atoms in total. The van der Waals surface area contributed by atoms with Gasteiger partial charge >= 0.3 is 0 Å². The summed E-state index contributed by atoms with van der Waals surface area (Å²) in [6.45, 7) is 0.708. The largest absolute Gasteiger partial charge is 0.493 e. The predicted octanol–water partition coefficient (Wildman–Crippen LogP) is 3.35. The van der Waals surface area contributed by atoms with E-state index in [4.69, 9.17) is 16.3 Å². The molecule has 0 amide bonds. The number of benzene rings is 1. The number of hydrogen-bond acceptors (Lipinski definition) is 1. The van der Waals surface area contributed by atoms with E-state index < -0.39 is 0 Å². The lowest BCUT2D eigenvalue weighted by atomic mass is 10.2. The highest BCUT2D eigenvalue weighted by Crippen LogP contribution is 2.29. The second-order valence-electron chi connectivity index (χ2n) is 3.64. The Hall–Kier alpha value is -0.760. The van der Waals surface area contributed by atoms with Crippen molar-refractivity contribution in [2.45, 2.75) is 18.7 Å². The van der Waals surface area contributed by atoms with Crippen LogP contribution in [0.15, 0.2) is 18.2 Å². The standard InChI is InChI=1S/C11H12ClFO/c12-6-9-3-4-10(5-11(9)13)14-7-8-1-2-8/h3-5,8H,1-2,6-7H2. The lowest BCUT2D eigenvalue weighted by Crippen LogP contribution is -1.99. The van der Waals surface area contributed by atoms with Gasteiger partial charge in [0.05, 0.1) is 12.5 Å². The summed E-state index contributed by atoms with van der Waals surface area (Å²) in [5.74, 6) is 1.21. The first-order valence-electron chi connectivity index (χ1n) is 4.77. The van der Waals surface area contributed by atoms with Crippen molar-refractivity contribution in [3.05, 3.63) is 29.6 Å². The molecular formula is C11H12ClFO. The van der Waals surface area contributed by atoms with Crippen LogP contribution in [0.1, 0.15) is 18.4 Å². The molecule has 14 heavy (non-hydrogen) atoms. The SMILES string of the molecule is Fc1cc(OCC2CC2)ccc1CCl. The summed E-state index contributed by atoms with van der Waals surface area (Å²) in [5, 5.41) is 0. The van der Waals surface area contributed by atoms with Crippen LogP contribution in [0.4, 0.5) is 4.39 Å². The summed E-state index contributed by atoms with van der Waals surface area (Å²) < 4.78 is 18.7. The van der Waals surface area contributed by atoms with Gasteiger partial charge in [-0.1, -0.05) is 6.07 Å². The average Bonchev–Trinajstić information content (AvgIpc) is 2.98. The molecule has 0 N–H and O–H groups in total. The molecule has 1 aromatic rings. The highest BCUT2D eigenvalue weighted by Gasteiger charge is 2.21. The van der Waals surface area contributed by atoms with E-state index in [2.05, 4.69) is 0 Å². The molecule has 0 saturated heterocycles. The van der Waals surface area contributed by atoms with Gasteiger partial charge in [0.1, 0.15) is 11.6 Å². The van der Waals surface area contributed by atoms with Gasteiger partial charge in [0.2, 0.25) is 0 Å². The molecule has 1 fully saturated rings. The van der Waals surface area contributed by atoms with E-state index in [1.165, 1.54) is 18.9 Å². The zero-order chi connectivity index (χ0) is 9.97. The molecule has 1 saturated carbocycles. The minimum absolute atomic E-state index is 0.203. The van der Waals surface area contributed by atoms with Crippen LogP contribution in [0, 0.1) is 11.7 Å². The van der Waals surface area contributed by atoms with Crippen molar-refractivity contribution in [2.24, 2.45) is 5.92 Å². The van der Waals surface area contributed by atoms with Crippen LogP contribution in [-0.4, -0.2) is 6.61 Å². The third kappa shape index (κ3) is 2.38. The van der Waals surface area contributed by atoms with E-state index in [-0.39, 0.29) is 11.7 Å². The fourth-order valence-electron chi connectivity index (χ4n) is 1.22. The molecule has 0 bridgehead atoms. The minimum Gasteiger partial charge on any atom is -0.493 e. The third-order valence-electron chi connectivity index (χ3n) is 2.35. The van der Waals surface area contributed by atoms with Crippen LogP contribution in [0.25, 0.3) is 0 Å². The topological polar surface area (TPSA) is 9.23 Å². The Balaban J connectivity index is 1.99. The molecule has 2 rings (SSSR count). The van der Waals surface area contributed by atoms with Crippen molar-refractivity contribution in [1.29, 1.82) is 0 Å². The van der Waals surface area contributed by atoms with E-state index in [1.807, 2.05) is 0 Å². The van der Waals surface area contributed by atoms with Gasteiger partial charge in [-0.05, 0) is 24.8 Å². The molecule has 0 aliphatic heterocycles. The van der Waals surface area contributed by atoms with E-state index >= 15 is 0 Å². The van der Waals surface area contributed by atoms with Gasteiger partial charge in [-0.3, -0.25) is 0 Å². The number of ether oxygens (including phenoxy) is 1. The second kappa shape index (κ2) is 4.18. The van der Waals surface area contributed by atoms with Crippen molar-refractivity contribution in [3.63, 3.8) is 0 Å². The number of halogens is 2. The van der Waals surface area contributed by atoms with Gasteiger partial charge in [-0.2, -0.15) is 0 Å². The van der Waals surface area contributed by atoms with Crippen LogP contribution < -0.4 is 4.74 Å². The molecule has 0 atom stereocenters. The zero-order valence-electron chi connectivity index (χ0n) is 7.80. The maximum Gasteiger partial charge on any atom is 0.131 e. The number of alkyl halides is 1. The van der Waals surface area contributed by atoms with Crippen LogP contribution in [0.3, 0.4) is 0 Å². The molecular weight excluding hydrogens is 203 g/mol. The van der Waals surface area contributed by atoms with Gasteiger partial charge in [-0.25, -0.2) is 4.39 Å². The van der Waals surface area contributed by atoms with Gasteiger partial charge in [-0.15, -0.1) is 11.6 Å². The molecule has 0 aromatic heterocycles. The number of rotatable bonds is 4. The monoisotopic (exact) mass is 214 g/mol. The first-order valence-corrected chi connectivity index (χ1v) is 5.30. The number of hydrogen-bond donors (Lipinski definition) is 0. The minimum atomic E-state index is -0.284. The molecule has 76 valence electrons. The Morgan fingerprint density at radius 1 is 1.43 bits per heavy atom. The van der Waals surface area contributed by atoms with Gasteiger partial charge < -0.3 is 4.74 Å². The molecule has 0 spiro atoms. The molecule has 0 heterocycles. The van der Waals surface area contributed by atoms with Crippen LogP contribution in [0.5, 0.6) is 5.75 Å². The molecule has 1 aliphatic rings. The van der Waals surface area contributed by atoms with Gasteiger partial charge in [0, 0.05) is 11.6 Å². The van der Waals surface area contributed by atoms with Crippen LogP contribution in [-0.2, 0) is 5.88 Å². The van der Waals surface area contributed by atoms with E-state index in [0.29, 0.717) is 23.8 Å². The second-order valence-corrected chi connectivity index (χ2v) is 3.91. The lowest BCUT2D eigenvalue weighted by molar-refractivity contribution is 0.298. The Kier molecular flexibility index (Phi) is 2.92. The fraction of sp³-hybridized carbons (Fsp3) is 0.455. The first kappa shape index (κ1) is 9.78. The molecule has 3 heteroatoms. The van der Waals surface area contributed by atoms with Crippen molar-refractivity contribution < 1.29 is 9.13 Å². The maximum atomic E-state index is 13.2. The Morgan fingerprint density at radius 2 is 2.21 bits per heavy atom.